The van der Waals surface area contributed by atoms with Gasteiger partial charge in [0.2, 0.25) is 0 Å². The van der Waals surface area contributed by atoms with Crippen LogP contribution in [0, 0.1) is 0 Å². The number of H-pyrrole nitrogens is 1. The van der Waals surface area contributed by atoms with E-state index in [0.717, 1.165) is 6.42 Å². The monoisotopic (exact) mass is 337 g/mol. The highest BCUT2D eigenvalue weighted by Crippen LogP contribution is 2.38. The molecule has 0 fully saturated rings. The Kier molecular flexibility index (Phi) is 4.70. The van der Waals surface area contributed by atoms with Crippen LogP contribution in [0.25, 0.3) is 22.5 Å². The van der Waals surface area contributed by atoms with Crippen molar-refractivity contribution in [1.29, 1.82) is 0 Å². The maximum absolute atomic E-state index is 3.70. The third-order valence-electron chi connectivity index (χ3n) is 4.98. The van der Waals surface area contributed by atoms with E-state index in [2.05, 4.69) is 109 Å². The van der Waals surface area contributed by atoms with Gasteiger partial charge in [0.1, 0.15) is 0 Å². The lowest BCUT2D eigenvalue weighted by molar-refractivity contribution is 0.780. The van der Waals surface area contributed by atoms with Crippen molar-refractivity contribution in [1.82, 2.24) is 4.98 Å². The lowest BCUT2D eigenvalue weighted by Gasteiger charge is -2.16. The summed E-state index contributed by atoms with van der Waals surface area (Å²) in [6.07, 6.45) is 1.07. The average molecular weight is 337 g/mol. The summed E-state index contributed by atoms with van der Waals surface area (Å²) in [6, 6.07) is 34.3. The molecule has 1 aromatic heterocycles. The second-order valence-electron chi connectivity index (χ2n) is 6.62. The molecule has 1 nitrogen and oxygen atoms in total. The molecule has 1 atom stereocenters. The van der Waals surface area contributed by atoms with Crippen LogP contribution in [0.15, 0.2) is 97.1 Å². The second-order valence-corrected chi connectivity index (χ2v) is 6.62. The van der Waals surface area contributed by atoms with Crippen LogP contribution in [0.1, 0.15) is 30.4 Å². The third-order valence-corrected chi connectivity index (χ3v) is 4.98. The van der Waals surface area contributed by atoms with Crippen LogP contribution in [0.4, 0.5) is 0 Å². The van der Waals surface area contributed by atoms with Gasteiger partial charge >= 0.3 is 0 Å². The Labute approximate surface area is 155 Å². The molecular weight excluding hydrogens is 314 g/mol. The van der Waals surface area contributed by atoms with Crippen molar-refractivity contribution in [3.05, 3.63) is 108 Å². The Morgan fingerprint density at radius 3 is 1.81 bits per heavy atom. The number of aromatic amines is 1. The predicted octanol–water partition coefficient (Wildman–Crippen LogP) is 6.89. The highest BCUT2D eigenvalue weighted by Gasteiger charge is 2.20. The van der Waals surface area contributed by atoms with Gasteiger partial charge in [-0.1, -0.05) is 97.9 Å². The van der Waals surface area contributed by atoms with Gasteiger partial charge in [-0.15, -0.1) is 0 Å². The summed E-state index contributed by atoms with van der Waals surface area (Å²) < 4.78 is 0. The number of aromatic nitrogens is 1. The van der Waals surface area contributed by atoms with E-state index in [1.54, 1.807) is 0 Å². The fourth-order valence-corrected chi connectivity index (χ4v) is 3.68. The molecule has 1 N–H and O–H groups in total. The zero-order chi connectivity index (χ0) is 17.8. The molecule has 0 saturated heterocycles. The van der Waals surface area contributed by atoms with Gasteiger partial charge in [-0.25, -0.2) is 0 Å². The van der Waals surface area contributed by atoms with Crippen molar-refractivity contribution in [3.63, 3.8) is 0 Å². The number of hydrogen-bond acceptors (Lipinski definition) is 0. The molecule has 0 bridgehead atoms. The molecule has 0 spiro atoms. The van der Waals surface area contributed by atoms with E-state index in [-0.39, 0.29) is 0 Å². The fraction of sp³-hybridized carbons (Fsp3) is 0.120. The average Bonchev–Trinajstić information content (AvgIpc) is 3.16. The van der Waals surface area contributed by atoms with Crippen LogP contribution in [-0.2, 0) is 0 Å². The lowest BCUT2D eigenvalue weighted by atomic mass is 9.87. The van der Waals surface area contributed by atoms with Crippen molar-refractivity contribution >= 4 is 0 Å². The highest BCUT2D eigenvalue weighted by atomic mass is 14.7. The molecule has 1 heteroatoms. The normalized spacial score (nSPS) is 12.0. The predicted molar refractivity (Wildman–Crippen MR) is 110 cm³/mol. The van der Waals surface area contributed by atoms with Gasteiger partial charge in [0.15, 0.2) is 0 Å². The maximum Gasteiger partial charge on any atom is 0.0497 e. The summed E-state index contributed by atoms with van der Waals surface area (Å²) in [6.45, 7) is 2.27. The fourth-order valence-electron chi connectivity index (χ4n) is 3.68. The van der Waals surface area contributed by atoms with Crippen LogP contribution in [0.5, 0.6) is 0 Å². The molecule has 128 valence electrons. The van der Waals surface area contributed by atoms with Crippen molar-refractivity contribution in [2.24, 2.45) is 0 Å². The summed E-state index contributed by atoms with van der Waals surface area (Å²) in [4.78, 5) is 3.70. The van der Waals surface area contributed by atoms with Crippen LogP contribution in [0.2, 0.25) is 0 Å². The summed E-state index contributed by atoms with van der Waals surface area (Å²) in [5.41, 5.74) is 7.58. The lowest BCUT2D eigenvalue weighted by Crippen LogP contribution is -2.00. The molecule has 26 heavy (non-hydrogen) atoms. The van der Waals surface area contributed by atoms with Gasteiger partial charge < -0.3 is 4.98 Å². The standard InChI is InChI=1S/C25H23N/c1-2-22(19-12-6-3-7-13-19)23-18-24(20-14-8-4-9-15-20)26-25(23)21-16-10-5-11-17-21/h3-18,22,26H,2H2,1H3. The molecule has 1 unspecified atom stereocenters. The van der Waals surface area contributed by atoms with E-state index < -0.39 is 0 Å². The minimum atomic E-state index is 0.375. The molecular formula is C25H23N. The van der Waals surface area contributed by atoms with Gasteiger partial charge in [0.05, 0.1) is 0 Å². The SMILES string of the molecule is CCC(c1ccccc1)c1cc(-c2ccccc2)[nH]c1-c1ccccc1. The Bertz CT molecular complexity index is 953. The molecule has 0 amide bonds. The smallest absolute Gasteiger partial charge is 0.0497 e. The number of rotatable bonds is 5. The molecule has 0 saturated carbocycles. The van der Waals surface area contributed by atoms with Crippen LogP contribution in [-0.4, -0.2) is 4.98 Å². The first-order valence-electron chi connectivity index (χ1n) is 9.25. The van der Waals surface area contributed by atoms with Crippen molar-refractivity contribution in [3.8, 4) is 22.5 Å². The number of benzene rings is 3. The van der Waals surface area contributed by atoms with E-state index in [1.165, 1.54) is 33.6 Å². The van der Waals surface area contributed by atoms with E-state index in [0.29, 0.717) is 5.92 Å². The highest BCUT2D eigenvalue weighted by molar-refractivity contribution is 5.73. The topological polar surface area (TPSA) is 15.8 Å². The zero-order valence-electron chi connectivity index (χ0n) is 15.0. The Morgan fingerprint density at radius 2 is 1.23 bits per heavy atom. The maximum atomic E-state index is 3.70. The quantitative estimate of drug-likeness (QED) is 0.408. The van der Waals surface area contributed by atoms with Gasteiger partial charge in [-0.05, 0) is 34.7 Å². The van der Waals surface area contributed by atoms with Crippen molar-refractivity contribution in [2.75, 3.05) is 0 Å². The first-order valence-corrected chi connectivity index (χ1v) is 9.25. The van der Waals surface area contributed by atoms with Crippen molar-refractivity contribution in [2.45, 2.75) is 19.3 Å². The van der Waals surface area contributed by atoms with Crippen LogP contribution >= 0.6 is 0 Å². The first-order chi connectivity index (χ1) is 12.9. The van der Waals surface area contributed by atoms with E-state index >= 15 is 0 Å². The molecule has 0 aliphatic rings. The van der Waals surface area contributed by atoms with E-state index in [1.807, 2.05) is 0 Å². The first kappa shape index (κ1) is 16.4. The van der Waals surface area contributed by atoms with Gasteiger partial charge in [0.25, 0.3) is 0 Å². The largest absolute Gasteiger partial charge is 0.354 e. The molecule has 0 aliphatic heterocycles. The number of hydrogen-bond donors (Lipinski definition) is 1. The van der Waals surface area contributed by atoms with Crippen molar-refractivity contribution < 1.29 is 0 Å². The molecule has 4 rings (SSSR count). The molecule has 0 aliphatic carbocycles. The summed E-state index contributed by atoms with van der Waals surface area (Å²) in [7, 11) is 0. The Hall–Kier alpha value is -3.06. The second kappa shape index (κ2) is 7.45. The van der Waals surface area contributed by atoms with Crippen LogP contribution < -0.4 is 0 Å². The minimum absolute atomic E-state index is 0.375. The number of nitrogens with one attached hydrogen (secondary N) is 1. The van der Waals surface area contributed by atoms with Gasteiger partial charge in [-0.2, -0.15) is 0 Å². The summed E-state index contributed by atoms with van der Waals surface area (Å²) >= 11 is 0. The van der Waals surface area contributed by atoms with Gasteiger partial charge in [0, 0.05) is 17.3 Å². The third kappa shape index (κ3) is 3.21. The molecule has 0 radical (unpaired) electrons. The summed E-state index contributed by atoms with van der Waals surface area (Å²) in [5, 5.41) is 0. The van der Waals surface area contributed by atoms with Crippen LogP contribution in [0.3, 0.4) is 0 Å². The minimum Gasteiger partial charge on any atom is -0.354 e. The summed E-state index contributed by atoms with van der Waals surface area (Å²) in [5.74, 6) is 0.375. The molecule has 3 aromatic carbocycles. The van der Waals surface area contributed by atoms with E-state index in [4.69, 9.17) is 0 Å². The Morgan fingerprint density at radius 1 is 0.692 bits per heavy atom. The van der Waals surface area contributed by atoms with Gasteiger partial charge in [-0.3, -0.25) is 0 Å². The zero-order valence-corrected chi connectivity index (χ0v) is 15.0. The molecule has 1 heterocycles. The van der Waals surface area contributed by atoms with E-state index in [9.17, 15) is 0 Å². The Balaban J connectivity index is 1.88. The molecule has 4 aromatic rings.